The van der Waals surface area contributed by atoms with Crippen molar-refractivity contribution < 1.29 is 41.0 Å². The summed E-state index contributed by atoms with van der Waals surface area (Å²) in [5.74, 6) is -4.26. The van der Waals surface area contributed by atoms with Gasteiger partial charge in [-0.1, -0.05) is 26.2 Å². The van der Waals surface area contributed by atoms with E-state index in [9.17, 15) is 36.2 Å². The molecule has 0 spiro atoms. The van der Waals surface area contributed by atoms with Crippen LogP contribution in [-0.4, -0.2) is 35.1 Å². The number of halogens is 6. The molecule has 1 N–H and O–H groups in total. The highest BCUT2D eigenvalue weighted by molar-refractivity contribution is 5.78. The Bertz CT molecular complexity index is 348. The van der Waals surface area contributed by atoms with Crippen molar-refractivity contribution in [2.24, 2.45) is 5.92 Å². The molecule has 1 fully saturated rings. The van der Waals surface area contributed by atoms with Crippen molar-refractivity contribution in [2.75, 3.05) is 0 Å². The molecule has 0 aromatic rings. The first-order chi connectivity index (χ1) is 8.99. The normalized spacial score (nSPS) is 26.7. The Kier molecular flexibility index (Phi) is 4.62. The number of alkyl halides is 6. The number of aliphatic hydroxyl groups excluding tert-OH is 1. The summed E-state index contributed by atoms with van der Waals surface area (Å²) in [4.78, 5) is 11.1. The van der Waals surface area contributed by atoms with Crippen LogP contribution < -0.4 is 0 Å². The molecule has 0 bridgehead atoms. The smallest absolute Gasteiger partial charge is 0.437 e. The second-order valence-corrected chi connectivity index (χ2v) is 4.70. The second kappa shape index (κ2) is 5.42. The van der Waals surface area contributed by atoms with E-state index in [4.69, 9.17) is 0 Å². The number of ether oxygens (including phenoxy) is 1. The number of esters is 1. The molecule has 0 aromatic heterocycles. The maximum absolute atomic E-state index is 12.9. The average Bonchev–Trinajstić information content (AvgIpc) is 2.53. The summed E-state index contributed by atoms with van der Waals surface area (Å²) in [6.07, 6.45) is -13.7. The van der Waals surface area contributed by atoms with Crippen molar-refractivity contribution in [3.8, 4) is 0 Å². The number of carbonyl (C=O) groups is 1. The SMILES string of the molecule is CCCCCC1C(O)C(=O)OC1(C(F)(F)F)C(F)(F)F. The summed E-state index contributed by atoms with van der Waals surface area (Å²) < 4.78 is 81.1. The lowest BCUT2D eigenvalue weighted by molar-refractivity contribution is -0.375. The van der Waals surface area contributed by atoms with Gasteiger partial charge in [0.25, 0.3) is 0 Å². The van der Waals surface area contributed by atoms with Crippen LogP contribution in [0.2, 0.25) is 0 Å². The molecule has 2 atom stereocenters. The van der Waals surface area contributed by atoms with Gasteiger partial charge in [0.1, 0.15) is 0 Å². The van der Waals surface area contributed by atoms with Crippen LogP contribution in [0.3, 0.4) is 0 Å². The Morgan fingerprint density at radius 3 is 2.05 bits per heavy atom. The Balaban J connectivity index is 3.21. The van der Waals surface area contributed by atoms with Gasteiger partial charge in [-0.3, -0.25) is 0 Å². The molecule has 1 heterocycles. The largest absolute Gasteiger partial charge is 0.437 e. The lowest BCUT2D eigenvalue weighted by Crippen LogP contribution is -2.61. The first kappa shape index (κ1) is 17.1. The van der Waals surface area contributed by atoms with Crippen LogP contribution in [0.5, 0.6) is 0 Å². The van der Waals surface area contributed by atoms with Crippen molar-refractivity contribution in [3.63, 3.8) is 0 Å². The molecule has 1 saturated heterocycles. The number of carbonyl (C=O) groups excluding carboxylic acids is 1. The number of cyclic esters (lactones) is 1. The average molecular weight is 308 g/mol. The second-order valence-electron chi connectivity index (χ2n) is 4.70. The van der Waals surface area contributed by atoms with Crippen molar-refractivity contribution in [1.29, 1.82) is 0 Å². The van der Waals surface area contributed by atoms with Gasteiger partial charge in [-0.05, 0) is 6.42 Å². The molecule has 0 aromatic carbocycles. The van der Waals surface area contributed by atoms with Gasteiger partial charge in [0.05, 0.1) is 5.92 Å². The van der Waals surface area contributed by atoms with E-state index in [1.54, 1.807) is 6.92 Å². The van der Waals surface area contributed by atoms with Crippen LogP contribution in [0, 0.1) is 5.92 Å². The minimum atomic E-state index is -5.84. The van der Waals surface area contributed by atoms with Gasteiger partial charge in [-0.15, -0.1) is 0 Å². The number of aliphatic hydroxyl groups is 1. The van der Waals surface area contributed by atoms with E-state index in [2.05, 4.69) is 4.74 Å². The van der Waals surface area contributed by atoms with E-state index in [-0.39, 0.29) is 6.42 Å². The molecule has 2 unspecified atom stereocenters. The van der Waals surface area contributed by atoms with E-state index in [1.165, 1.54) is 0 Å². The maximum atomic E-state index is 12.9. The molecule has 1 aliphatic rings. The summed E-state index contributed by atoms with van der Waals surface area (Å²) in [6, 6.07) is 0. The van der Waals surface area contributed by atoms with Crippen LogP contribution >= 0.6 is 0 Å². The molecular formula is C11H14F6O3. The molecule has 9 heteroatoms. The molecule has 0 radical (unpaired) electrons. The maximum Gasteiger partial charge on any atom is 0.437 e. The number of unbranched alkanes of at least 4 members (excludes halogenated alkanes) is 2. The minimum Gasteiger partial charge on any atom is -0.437 e. The van der Waals surface area contributed by atoms with Crippen molar-refractivity contribution in [3.05, 3.63) is 0 Å². The molecule has 0 aliphatic carbocycles. The topological polar surface area (TPSA) is 46.5 Å². The first-order valence-electron chi connectivity index (χ1n) is 6.03. The van der Waals surface area contributed by atoms with Gasteiger partial charge in [-0.25, -0.2) is 4.79 Å². The zero-order chi connectivity index (χ0) is 15.8. The summed E-state index contributed by atoms with van der Waals surface area (Å²) >= 11 is 0. The van der Waals surface area contributed by atoms with E-state index < -0.39 is 42.4 Å². The van der Waals surface area contributed by atoms with Crippen LogP contribution in [0.25, 0.3) is 0 Å². The van der Waals surface area contributed by atoms with E-state index >= 15 is 0 Å². The third-order valence-corrected chi connectivity index (χ3v) is 3.37. The van der Waals surface area contributed by atoms with Crippen molar-refractivity contribution in [1.82, 2.24) is 0 Å². The molecule has 3 nitrogen and oxygen atoms in total. The summed E-state index contributed by atoms with van der Waals surface area (Å²) in [6.45, 7) is 1.72. The molecule has 0 saturated carbocycles. The molecule has 118 valence electrons. The lowest BCUT2D eigenvalue weighted by Gasteiger charge is -2.36. The highest BCUT2D eigenvalue weighted by atomic mass is 19.4. The predicted octanol–water partition coefficient (Wildman–Crippen LogP) is 2.96. The van der Waals surface area contributed by atoms with E-state index in [1.807, 2.05) is 0 Å². The molecule has 0 amide bonds. The third-order valence-electron chi connectivity index (χ3n) is 3.37. The van der Waals surface area contributed by atoms with Crippen LogP contribution in [0.1, 0.15) is 32.6 Å². The Hall–Kier alpha value is -0.990. The van der Waals surface area contributed by atoms with E-state index in [0.717, 1.165) is 0 Å². The fourth-order valence-corrected chi connectivity index (χ4v) is 2.35. The first-order valence-corrected chi connectivity index (χ1v) is 6.03. The zero-order valence-corrected chi connectivity index (χ0v) is 10.5. The Morgan fingerprint density at radius 2 is 1.65 bits per heavy atom. The van der Waals surface area contributed by atoms with E-state index in [0.29, 0.717) is 12.8 Å². The monoisotopic (exact) mass is 308 g/mol. The number of hydrogen-bond donors (Lipinski definition) is 1. The Labute approximate surface area is 110 Å². The highest BCUT2D eigenvalue weighted by Crippen LogP contribution is 2.55. The molecular weight excluding hydrogens is 294 g/mol. The fourth-order valence-electron chi connectivity index (χ4n) is 2.35. The quantitative estimate of drug-likeness (QED) is 0.493. The van der Waals surface area contributed by atoms with Crippen molar-refractivity contribution >= 4 is 5.97 Å². The third kappa shape index (κ3) is 2.59. The van der Waals surface area contributed by atoms with Gasteiger partial charge in [0.15, 0.2) is 6.10 Å². The van der Waals surface area contributed by atoms with Crippen molar-refractivity contribution in [2.45, 2.75) is 56.7 Å². The predicted molar refractivity (Wildman–Crippen MR) is 54.6 cm³/mol. The standard InChI is InChI=1S/C11H14F6O3/c1-2-3-4-5-6-7(18)8(19)20-9(6,10(12,13)14)11(15,16)17/h6-7,18H,2-5H2,1H3. The summed E-state index contributed by atoms with van der Waals surface area (Å²) in [7, 11) is 0. The van der Waals surface area contributed by atoms with Gasteiger partial charge in [0, 0.05) is 0 Å². The van der Waals surface area contributed by atoms with Gasteiger partial charge in [-0.2, -0.15) is 26.3 Å². The highest BCUT2D eigenvalue weighted by Gasteiger charge is 2.81. The zero-order valence-electron chi connectivity index (χ0n) is 10.5. The molecule has 20 heavy (non-hydrogen) atoms. The van der Waals surface area contributed by atoms with Crippen LogP contribution in [-0.2, 0) is 9.53 Å². The van der Waals surface area contributed by atoms with Gasteiger partial charge >= 0.3 is 23.9 Å². The Morgan fingerprint density at radius 1 is 1.15 bits per heavy atom. The molecule has 1 rings (SSSR count). The van der Waals surface area contributed by atoms with Gasteiger partial charge < -0.3 is 9.84 Å². The van der Waals surface area contributed by atoms with Crippen LogP contribution in [0.4, 0.5) is 26.3 Å². The minimum absolute atomic E-state index is 0.0305. The van der Waals surface area contributed by atoms with Gasteiger partial charge in [0.2, 0.25) is 0 Å². The molecule has 1 aliphatic heterocycles. The lowest BCUT2D eigenvalue weighted by atomic mass is 9.80. The van der Waals surface area contributed by atoms with Crippen LogP contribution in [0.15, 0.2) is 0 Å². The summed E-state index contributed by atoms with van der Waals surface area (Å²) in [5, 5.41) is 9.34. The number of rotatable bonds is 4. The summed E-state index contributed by atoms with van der Waals surface area (Å²) in [5.41, 5.74) is -4.62. The number of hydrogen-bond acceptors (Lipinski definition) is 3. The fraction of sp³-hybridized carbons (Fsp3) is 0.909.